The summed E-state index contributed by atoms with van der Waals surface area (Å²) >= 11 is 3.45. The fraction of sp³-hybridized carbons (Fsp3) is 0.231. The molecule has 0 radical (unpaired) electrons. The van der Waals surface area contributed by atoms with Crippen molar-refractivity contribution in [2.45, 2.75) is 18.9 Å². The van der Waals surface area contributed by atoms with Crippen LogP contribution in [0.4, 0.5) is 0 Å². The summed E-state index contributed by atoms with van der Waals surface area (Å²) in [6.07, 6.45) is 2.08. The van der Waals surface area contributed by atoms with Gasteiger partial charge in [-0.1, -0.05) is 34.1 Å². The van der Waals surface area contributed by atoms with Crippen molar-refractivity contribution in [1.82, 2.24) is 0 Å². The third kappa shape index (κ3) is 2.36. The minimum atomic E-state index is -0.933. The lowest BCUT2D eigenvalue weighted by atomic mass is 9.91. The Bertz CT molecular complexity index is 461. The highest BCUT2D eigenvalue weighted by atomic mass is 79.9. The molecule has 84 valence electrons. The number of hydrogen-bond donors (Lipinski definition) is 1. The minimum absolute atomic E-state index is 0.461. The number of halogens is 1. The van der Waals surface area contributed by atoms with Gasteiger partial charge in [-0.2, -0.15) is 0 Å². The van der Waals surface area contributed by atoms with Gasteiger partial charge in [-0.05, 0) is 30.7 Å². The van der Waals surface area contributed by atoms with Crippen LogP contribution < -0.4 is 0 Å². The van der Waals surface area contributed by atoms with E-state index in [1.807, 2.05) is 36.4 Å². The smallest absolute Gasteiger partial charge is 0.106 e. The van der Waals surface area contributed by atoms with Crippen LogP contribution in [0.3, 0.4) is 0 Å². The second-order valence-corrected chi connectivity index (χ2v) is 4.86. The van der Waals surface area contributed by atoms with E-state index in [4.69, 9.17) is 4.42 Å². The van der Waals surface area contributed by atoms with E-state index >= 15 is 0 Å². The van der Waals surface area contributed by atoms with Crippen LogP contribution in [0.1, 0.15) is 18.2 Å². The Morgan fingerprint density at radius 3 is 2.62 bits per heavy atom. The molecule has 1 N–H and O–H groups in total. The second-order valence-electron chi connectivity index (χ2n) is 4.01. The zero-order valence-corrected chi connectivity index (χ0v) is 10.6. The minimum Gasteiger partial charge on any atom is -0.469 e. The molecule has 1 aromatic heterocycles. The summed E-state index contributed by atoms with van der Waals surface area (Å²) in [6.45, 7) is 1.79. The first kappa shape index (κ1) is 11.4. The van der Waals surface area contributed by atoms with Gasteiger partial charge in [-0.15, -0.1) is 0 Å². The summed E-state index contributed by atoms with van der Waals surface area (Å²) < 4.78 is 6.16. The Balaban J connectivity index is 2.28. The predicted molar refractivity (Wildman–Crippen MR) is 66.1 cm³/mol. The molecule has 2 rings (SSSR count). The molecule has 0 saturated heterocycles. The summed E-state index contributed by atoms with van der Waals surface area (Å²) in [4.78, 5) is 0. The first-order valence-corrected chi connectivity index (χ1v) is 5.89. The molecule has 1 atom stereocenters. The van der Waals surface area contributed by atoms with Crippen molar-refractivity contribution in [3.63, 3.8) is 0 Å². The molecule has 0 fully saturated rings. The van der Waals surface area contributed by atoms with Crippen LogP contribution >= 0.6 is 15.9 Å². The van der Waals surface area contributed by atoms with Gasteiger partial charge in [0.25, 0.3) is 0 Å². The van der Waals surface area contributed by atoms with E-state index in [1.54, 1.807) is 13.2 Å². The van der Waals surface area contributed by atoms with Crippen LogP contribution in [0, 0.1) is 0 Å². The number of rotatable bonds is 3. The highest BCUT2D eigenvalue weighted by Crippen LogP contribution is 2.31. The molecule has 1 aromatic carbocycles. The zero-order chi connectivity index (χ0) is 11.6. The van der Waals surface area contributed by atoms with Gasteiger partial charge in [-0.25, -0.2) is 0 Å². The number of furan rings is 1. The van der Waals surface area contributed by atoms with Crippen molar-refractivity contribution < 1.29 is 9.52 Å². The zero-order valence-electron chi connectivity index (χ0n) is 8.98. The Morgan fingerprint density at radius 1 is 1.25 bits per heavy atom. The van der Waals surface area contributed by atoms with Gasteiger partial charge in [-0.3, -0.25) is 0 Å². The highest BCUT2D eigenvalue weighted by Gasteiger charge is 2.26. The van der Waals surface area contributed by atoms with Gasteiger partial charge in [0, 0.05) is 10.9 Å². The molecular weight excluding hydrogens is 268 g/mol. The molecule has 2 nitrogen and oxygen atoms in total. The third-order valence-corrected chi connectivity index (χ3v) is 3.24. The van der Waals surface area contributed by atoms with Gasteiger partial charge < -0.3 is 9.52 Å². The third-order valence-electron chi connectivity index (χ3n) is 2.55. The summed E-state index contributed by atoms with van der Waals surface area (Å²) in [5, 5.41) is 10.4. The Hall–Kier alpha value is -1.06. The van der Waals surface area contributed by atoms with E-state index in [1.165, 1.54) is 0 Å². The molecule has 16 heavy (non-hydrogen) atoms. The molecule has 0 aliphatic rings. The quantitative estimate of drug-likeness (QED) is 0.934. The Morgan fingerprint density at radius 2 is 2.00 bits per heavy atom. The van der Waals surface area contributed by atoms with E-state index in [9.17, 15) is 5.11 Å². The van der Waals surface area contributed by atoms with E-state index in [-0.39, 0.29) is 0 Å². The summed E-state index contributed by atoms with van der Waals surface area (Å²) in [6, 6.07) is 11.4. The summed E-state index contributed by atoms with van der Waals surface area (Å²) in [5.74, 6) is 0.778. The van der Waals surface area contributed by atoms with E-state index in [2.05, 4.69) is 15.9 Å². The van der Waals surface area contributed by atoms with Crippen LogP contribution in [-0.2, 0) is 12.0 Å². The maximum atomic E-state index is 10.4. The lowest BCUT2D eigenvalue weighted by Crippen LogP contribution is -2.24. The molecule has 0 aliphatic heterocycles. The fourth-order valence-corrected chi connectivity index (χ4v) is 2.46. The Labute approximate surface area is 103 Å². The van der Waals surface area contributed by atoms with Crippen molar-refractivity contribution in [3.05, 3.63) is 58.5 Å². The summed E-state index contributed by atoms with van der Waals surface area (Å²) in [5.41, 5.74) is -0.0656. The van der Waals surface area contributed by atoms with Crippen molar-refractivity contribution in [3.8, 4) is 0 Å². The van der Waals surface area contributed by atoms with Gasteiger partial charge in [0.1, 0.15) is 5.76 Å². The molecule has 0 spiro atoms. The van der Waals surface area contributed by atoms with Gasteiger partial charge >= 0.3 is 0 Å². The first-order chi connectivity index (χ1) is 7.59. The van der Waals surface area contributed by atoms with Crippen LogP contribution in [-0.4, -0.2) is 5.11 Å². The average Bonchev–Trinajstić information content (AvgIpc) is 2.70. The predicted octanol–water partition coefficient (Wildman–Crippen LogP) is 3.49. The normalized spacial score (nSPS) is 14.7. The molecule has 2 aromatic rings. The van der Waals surface area contributed by atoms with Crippen molar-refractivity contribution >= 4 is 15.9 Å². The first-order valence-electron chi connectivity index (χ1n) is 5.09. The van der Waals surface area contributed by atoms with Gasteiger partial charge in [0.05, 0.1) is 11.9 Å². The molecule has 0 saturated carbocycles. The largest absolute Gasteiger partial charge is 0.469 e. The Kier molecular flexibility index (Phi) is 3.17. The SMILES string of the molecule is CC(O)(Cc1ccco1)c1ccccc1Br. The monoisotopic (exact) mass is 280 g/mol. The number of hydrogen-bond acceptors (Lipinski definition) is 2. The molecule has 1 unspecified atom stereocenters. The van der Waals surface area contributed by atoms with E-state index < -0.39 is 5.60 Å². The van der Waals surface area contributed by atoms with Crippen LogP contribution in [0.15, 0.2) is 51.6 Å². The molecule has 0 aliphatic carbocycles. The molecule has 0 amide bonds. The van der Waals surface area contributed by atoms with Gasteiger partial charge in [0.2, 0.25) is 0 Å². The number of aliphatic hydroxyl groups is 1. The second kappa shape index (κ2) is 4.44. The van der Waals surface area contributed by atoms with E-state index in [0.717, 1.165) is 15.8 Å². The van der Waals surface area contributed by atoms with Crippen molar-refractivity contribution in [2.75, 3.05) is 0 Å². The van der Waals surface area contributed by atoms with Crippen molar-refractivity contribution in [1.29, 1.82) is 0 Å². The standard InChI is InChI=1S/C13H13BrO2/c1-13(15,9-10-5-4-8-16-10)11-6-2-3-7-12(11)14/h2-8,15H,9H2,1H3. The van der Waals surface area contributed by atoms with Crippen molar-refractivity contribution in [2.24, 2.45) is 0 Å². The maximum Gasteiger partial charge on any atom is 0.106 e. The topological polar surface area (TPSA) is 33.4 Å². The lowest BCUT2D eigenvalue weighted by Gasteiger charge is -2.23. The fourth-order valence-electron chi connectivity index (χ4n) is 1.75. The van der Waals surface area contributed by atoms with Crippen LogP contribution in [0.2, 0.25) is 0 Å². The van der Waals surface area contributed by atoms with Crippen LogP contribution in [0.5, 0.6) is 0 Å². The molecule has 3 heteroatoms. The lowest BCUT2D eigenvalue weighted by molar-refractivity contribution is 0.0514. The highest BCUT2D eigenvalue weighted by molar-refractivity contribution is 9.10. The molecular formula is C13H13BrO2. The molecule has 1 heterocycles. The maximum absolute atomic E-state index is 10.4. The number of benzene rings is 1. The summed E-state index contributed by atoms with van der Waals surface area (Å²) in [7, 11) is 0. The van der Waals surface area contributed by atoms with Gasteiger partial charge in [0.15, 0.2) is 0 Å². The molecule has 0 bridgehead atoms. The average molecular weight is 281 g/mol. The van der Waals surface area contributed by atoms with Crippen LogP contribution in [0.25, 0.3) is 0 Å². The van der Waals surface area contributed by atoms with E-state index in [0.29, 0.717) is 6.42 Å².